The second-order valence-corrected chi connectivity index (χ2v) is 8.22. The normalized spacial score (nSPS) is 15.8. The Bertz CT molecular complexity index is 868. The second kappa shape index (κ2) is 8.60. The zero-order chi connectivity index (χ0) is 20.3. The van der Waals surface area contributed by atoms with E-state index < -0.39 is 24.5 Å². The summed E-state index contributed by atoms with van der Waals surface area (Å²) in [7, 11) is 0. The quantitative estimate of drug-likeness (QED) is 0.734. The van der Waals surface area contributed by atoms with Gasteiger partial charge in [-0.3, -0.25) is 4.79 Å². The van der Waals surface area contributed by atoms with E-state index in [1.54, 1.807) is 19.9 Å². The monoisotopic (exact) mass is 405 g/mol. The van der Waals surface area contributed by atoms with Crippen LogP contribution in [-0.2, 0) is 27.1 Å². The Balaban J connectivity index is 1.74. The maximum atomic E-state index is 12.6. The molecule has 0 aliphatic heterocycles. The van der Waals surface area contributed by atoms with Crippen molar-refractivity contribution in [2.75, 3.05) is 11.9 Å². The van der Waals surface area contributed by atoms with Crippen molar-refractivity contribution in [3.05, 3.63) is 40.2 Å². The topological polar surface area (TPSA) is 94.8 Å². The average Bonchev–Trinajstić information content (AvgIpc) is 3.26. The number of carbonyl (C=O) groups excluding carboxylic acids is 3. The molecule has 1 N–H and O–H groups in total. The zero-order valence-electron chi connectivity index (χ0n) is 16.1. The number of amides is 1. The van der Waals surface area contributed by atoms with Crippen LogP contribution in [0, 0.1) is 5.92 Å². The lowest BCUT2D eigenvalue weighted by molar-refractivity contribution is -0.119. The summed E-state index contributed by atoms with van der Waals surface area (Å²) in [6.07, 6.45) is 3.72. The van der Waals surface area contributed by atoms with E-state index in [9.17, 15) is 14.4 Å². The summed E-state index contributed by atoms with van der Waals surface area (Å²) in [4.78, 5) is 37.8. The Kier molecular flexibility index (Phi) is 6.18. The van der Waals surface area contributed by atoms with Gasteiger partial charge in [0, 0.05) is 4.88 Å². The van der Waals surface area contributed by atoms with Crippen molar-refractivity contribution in [3.63, 3.8) is 0 Å². The number of carbonyl (C=O) groups is 3. The van der Waals surface area contributed by atoms with Gasteiger partial charge < -0.3 is 19.2 Å². The first-order chi connectivity index (χ1) is 13.3. The van der Waals surface area contributed by atoms with E-state index in [-0.39, 0.29) is 11.9 Å². The molecule has 1 amide bonds. The summed E-state index contributed by atoms with van der Waals surface area (Å²) >= 11 is 1.39. The maximum Gasteiger partial charge on any atom is 0.374 e. The summed E-state index contributed by atoms with van der Waals surface area (Å²) in [6, 6.07) is 3.01. The number of nitrogens with one attached hydrogen (secondary N) is 1. The smallest absolute Gasteiger partial charge is 0.374 e. The van der Waals surface area contributed by atoms with E-state index in [0.29, 0.717) is 16.5 Å². The molecule has 0 aromatic carbocycles. The number of furan rings is 1. The number of anilines is 1. The third-order valence-electron chi connectivity index (χ3n) is 4.37. The van der Waals surface area contributed by atoms with Crippen molar-refractivity contribution in [2.24, 2.45) is 5.92 Å². The molecule has 150 valence electrons. The van der Waals surface area contributed by atoms with E-state index in [1.165, 1.54) is 23.7 Å². The van der Waals surface area contributed by atoms with E-state index in [0.717, 1.165) is 29.7 Å². The first kappa shape index (κ1) is 20.1. The highest BCUT2D eigenvalue weighted by molar-refractivity contribution is 7.17. The van der Waals surface area contributed by atoms with E-state index in [4.69, 9.17) is 13.9 Å². The second-order valence-electron chi connectivity index (χ2n) is 7.11. The first-order valence-corrected chi connectivity index (χ1v) is 10.0. The lowest BCUT2D eigenvalue weighted by atomic mass is 9.88. The van der Waals surface area contributed by atoms with Crippen LogP contribution in [0.15, 0.2) is 22.8 Å². The van der Waals surface area contributed by atoms with Gasteiger partial charge in [-0.05, 0) is 56.7 Å². The number of hydrogen-bond donors (Lipinski definition) is 1. The summed E-state index contributed by atoms with van der Waals surface area (Å²) in [6.45, 7) is 5.26. The Morgan fingerprint density at radius 2 is 2.11 bits per heavy atom. The van der Waals surface area contributed by atoms with Gasteiger partial charge in [0.15, 0.2) is 6.61 Å². The molecule has 0 fully saturated rings. The minimum absolute atomic E-state index is 0.0228. The largest absolute Gasteiger partial charge is 0.459 e. The molecule has 2 aromatic rings. The number of rotatable bonds is 6. The van der Waals surface area contributed by atoms with Crippen LogP contribution >= 0.6 is 11.3 Å². The molecule has 0 spiro atoms. The standard InChI is InChI=1S/C20H23NO6S/c1-11(2)27-20(24)17-13-7-6-12(3)9-15(13)28-18(17)21-16(22)10-26-19(23)14-5-4-8-25-14/h4-5,8,11-12H,6-7,9-10H2,1-3H3,(H,21,22). The molecular weight excluding hydrogens is 382 g/mol. The molecule has 7 nitrogen and oxygen atoms in total. The van der Waals surface area contributed by atoms with Crippen molar-refractivity contribution in [3.8, 4) is 0 Å². The van der Waals surface area contributed by atoms with Gasteiger partial charge >= 0.3 is 11.9 Å². The van der Waals surface area contributed by atoms with E-state index in [2.05, 4.69) is 12.2 Å². The molecule has 0 saturated heterocycles. The van der Waals surface area contributed by atoms with Crippen LogP contribution in [0.3, 0.4) is 0 Å². The number of fused-ring (bicyclic) bond motifs is 1. The van der Waals surface area contributed by atoms with E-state index in [1.807, 2.05) is 0 Å². The van der Waals surface area contributed by atoms with Gasteiger partial charge in [-0.1, -0.05) is 6.92 Å². The minimum atomic E-state index is -0.723. The first-order valence-electron chi connectivity index (χ1n) is 9.21. The molecule has 0 bridgehead atoms. The predicted molar refractivity (Wildman–Crippen MR) is 104 cm³/mol. The van der Waals surface area contributed by atoms with Crippen LogP contribution in [0.25, 0.3) is 0 Å². The maximum absolute atomic E-state index is 12.6. The molecule has 8 heteroatoms. The third-order valence-corrected chi connectivity index (χ3v) is 5.54. The number of hydrogen-bond acceptors (Lipinski definition) is 7. The van der Waals surface area contributed by atoms with Crippen molar-refractivity contribution in [1.82, 2.24) is 0 Å². The summed E-state index contributed by atoms with van der Waals surface area (Å²) < 4.78 is 15.3. The molecule has 0 radical (unpaired) electrons. The Hall–Kier alpha value is -2.61. The van der Waals surface area contributed by atoms with Crippen LogP contribution < -0.4 is 5.32 Å². The minimum Gasteiger partial charge on any atom is -0.459 e. The lowest BCUT2D eigenvalue weighted by Gasteiger charge is -2.18. The van der Waals surface area contributed by atoms with Crippen molar-refractivity contribution >= 4 is 34.2 Å². The summed E-state index contributed by atoms with van der Waals surface area (Å²) in [5.41, 5.74) is 1.38. The highest BCUT2D eigenvalue weighted by Gasteiger charge is 2.29. The summed E-state index contributed by atoms with van der Waals surface area (Å²) in [5.74, 6) is -1.14. The fourth-order valence-corrected chi connectivity index (χ4v) is 4.50. The van der Waals surface area contributed by atoms with Gasteiger partial charge in [0.1, 0.15) is 5.00 Å². The highest BCUT2D eigenvalue weighted by atomic mass is 32.1. The van der Waals surface area contributed by atoms with E-state index >= 15 is 0 Å². The zero-order valence-corrected chi connectivity index (χ0v) is 16.9. The average molecular weight is 405 g/mol. The molecule has 0 saturated carbocycles. The number of ether oxygens (including phenoxy) is 2. The van der Waals surface area contributed by atoms with Gasteiger partial charge in [-0.2, -0.15) is 0 Å². The molecule has 2 aromatic heterocycles. The SMILES string of the molecule is CC1CCc2c(sc(NC(=O)COC(=O)c3ccco3)c2C(=O)OC(C)C)C1. The van der Waals surface area contributed by atoms with Gasteiger partial charge in [-0.15, -0.1) is 11.3 Å². The van der Waals surface area contributed by atoms with Crippen LogP contribution in [0.4, 0.5) is 5.00 Å². The van der Waals surface area contributed by atoms with Crippen molar-refractivity contribution < 1.29 is 28.3 Å². The van der Waals surface area contributed by atoms with Crippen LogP contribution in [0.1, 0.15) is 58.5 Å². The van der Waals surface area contributed by atoms with Gasteiger partial charge in [0.25, 0.3) is 5.91 Å². The molecule has 28 heavy (non-hydrogen) atoms. The Labute approximate surface area is 167 Å². The fraction of sp³-hybridized carbons (Fsp3) is 0.450. The number of esters is 2. The van der Waals surface area contributed by atoms with Gasteiger partial charge in [0.05, 0.1) is 17.9 Å². The molecular formula is C20H23NO6S. The predicted octanol–water partition coefficient (Wildman–Crippen LogP) is 3.83. The van der Waals surface area contributed by atoms with Crippen LogP contribution in [-0.4, -0.2) is 30.6 Å². The molecule has 1 atom stereocenters. The summed E-state index contributed by atoms with van der Waals surface area (Å²) in [5, 5.41) is 3.16. The molecule has 2 heterocycles. The molecule has 1 unspecified atom stereocenters. The fourth-order valence-electron chi connectivity index (χ4n) is 3.09. The van der Waals surface area contributed by atoms with Crippen molar-refractivity contribution in [1.29, 1.82) is 0 Å². The Morgan fingerprint density at radius 3 is 2.79 bits per heavy atom. The third kappa shape index (κ3) is 4.62. The van der Waals surface area contributed by atoms with Gasteiger partial charge in [-0.25, -0.2) is 9.59 Å². The molecule has 1 aliphatic carbocycles. The van der Waals surface area contributed by atoms with Crippen LogP contribution in [0.5, 0.6) is 0 Å². The van der Waals surface area contributed by atoms with Crippen molar-refractivity contribution in [2.45, 2.75) is 46.1 Å². The molecule has 3 rings (SSSR count). The van der Waals surface area contributed by atoms with Gasteiger partial charge in [0.2, 0.25) is 5.76 Å². The van der Waals surface area contributed by atoms with Crippen LogP contribution in [0.2, 0.25) is 0 Å². The Morgan fingerprint density at radius 1 is 1.32 bits per heavy atom. The lowest BCUT2D eigenvalue weighted by Crippen LogP contribution is -2.22. The highest BCUT2D eigenvalue weighted by Crippen LogP contribution is 2.40. The number of thiophene rings is 1. The molecule has 1 aliphatic rings.